The molecule has 1 atom stereocenters. The maximum absolute atomic E-state index is 8.77. The van der Waals surface area contributed by atoms with E-state index in [2.05, 4.69) is 11.5 Å². The van der Waals surface area contributed by atoms with Crippen LogP contribution in [0.5, 0.6) is 0 Å². The largest absolute Gasteiger partial charge is 0.395 e. The van der Waals surface area contributed by atoms with E-state index in [9.17, 15) is 0 Å². The number of likely N-dealkylation sites (tertiary alicyclic amines) is 1. The van der Waals surface area contributed by atoms with E-state index in [1.54, 1.807) is 0 Å². The Morgan fingerprint density at radius 3 is 2.78 bits per heavy atom. The van der Waals surface area contributed by atoms with Crippen LogP contribution < -0.4 is 0 Å². The highest BCUT2D eigenvalue weighted by atomic mass is 16.3. The number of hydrogen-bond donors (Lipinski definition) is 1. The lowest BCUT2D eigenvalue weighted by atomic mass is 10.2. The summed E-state index contributed by atoms with van der Waals surface area (Å²) in [5.74, 6) is 0. The molecule has 0 aromatic carbocycles. The molecule has 0 spiro atoms. The molecule has 1 saturated heterocycles. The van der Waals surface area contributed by atoms with Crippen LogP contribution in [0.4, 0.5) is 0 Å². The van der Waals surface area contributed by atoms with Crippen LogP contribution in [0.15, 0.2) is 12.2 Å². The van der Waals surface area contributed by atoms with E-state index >= 15 is 0 Å². The first kappa shape index (κ1) is 6.78. The summed E-state index contributed by atoms with van der Waals surface area (Å²) in [6.45, 7) is 5.06. The Hall–Kier alpha value is -0.340. The minimum absolute atomic E-state index is 0.259. The predicted octanol–water partition coefficient (Wildman–Crippen LogP) is 0.239. The van der Waals surface area contributed by atoms with Gasteiger partial charge in [-0.05, 0) is 13.5 Å². The van der Waals surface area contributed by atoms with E-state index in [1.165, 1.54) is 5.57 Å². The van der Waals surface area contributed by atoms with Crippen molar-refractivity contribution in [1.82, 2.24) is 4.90 Å². The molecule has 52 valence electrons. The molecule has 1 fully saturated rings. The van der Waals surface area contributed by atoms with Crippen LogP contribution in [0.3, 0.4) is 0 Å². The van der Waals surface area contributed by atoms with Gasteiger partial charge in [0.05, 0.1) is 6.61 Å². The molecule has 0 saturated carbocycles. The lowest BCUT2D eigenvalue weighted by Crippen LogP contribution is -2.27. The van der Waals surface area contributed by atoms with Crippen LogP contribution >= 0.6 is 0 Å². The Morgan fingerprint density at radius 2 is 2.56 bits per heavy atom. The summed E-state index contributed by atoms with van der Waals surface area (Å²) in [7, 11) is 2.01. The van der Waals surface area contributed by atoms with Gasteiger partial charge in [-0.25, -0.2) is 0 Å². The van der Waals surface area contributed by atoms with Gasteiger partial charge in [0.2, 0.25) is 0 Å². The lowest BCUT2D eigenvalue weighted by Gasteiger charge is -2.14. The van der Waals surface area contributed by atoms with Crippen molar-refractivity contribution in [3.63, 3.8) is 0 Å². The third-order valence-corrected chi connectivity index (χ3v) is 1.83. The molecule has 0 aliphatic carbocycles. The minimum Gasteiger partial charge on any atom is -0.395 e. The van der Waals surface area contributed by atoms with Crippen LogP contribution in [0.2, 0.25) is 0 Å². The third-order valence-electron chi connectivity index (χ3n) is 1.83. The van der Waals surface area contributed by atoms with Gasteiger partial charge in [-0.3, -0.25) is 4.90 Å². The Kier molecular flexibility index (Phi) is 1.88. The van der Waals surface area contributed by atoms with Gasteiger partial charge in [0.15, 0.2) is 0 Å². The quantitative estimate of drug-likeness (QED) is 0.510. The van der Waals surface area contributed by atoms with Gasteiger partial charge in [0.25, 0.3) is 0 Å². The monoisotopic (exact) mass is 127 g/mol. The first-order valence-electron chi connectivity index (χ1n) is 3.22. The van der Waals surface area contributed by atoms with E-state index in [0.29, 0.717) is 6.04 Å². The predicted molar refractivity (Wildman–Crippen MR) is 37.3 cm³/mol. The van der Waals surface area contributed by atoms with Gasteiger partial charge < -0.3 is 5.11 Å². The van der Waals surface area contributed by atoms with Crippen molar-refractivity contribution in [2.24, 2.45) is 0 Å². The van der Waals surface area contributed by atoms with Crippen LogP contribution in [0.25, 0.3) is 0 Å². The molecule has 0 aromatic rings. The third kappa shape index (κ3) is 1.32. The first-order valence-corrected chi connectivity index (χ1v) is 3.22. The standard InChI is InChI=1S/C7H13NO/c1-6-3-7(5-9)8(2)4-6/h7,9H,1,3-5H2,2H3/t7-/m1/s1. The molecule has 1 aliphatic heterocycles. The van der Waals surface area contributed by atoms with Crippen LogP contribution in [-0.2, 0) is 0 Å². The number of aliphatic hydroxyl groups is 1. The second-order valence-corrected chi connectivity index (χ2v) is 2.71. The topological polar surface area (TPSA) is 23.5 Å². The molecule has 0 bridgehead atoms. The summed E-state index contributed by atoms with van der Waals surface area (Å²) < 4.78 is 0. The fourth-order valence-corrected chi connectivity index (χ4v) is 1.24. The molecular weight excluding hydrogens is 114 g/mol. The van der Waals surface area contributed by atoms with Crippen LogP contribution in [-0.4, -0.2) is 36.2 Å². The fraction of sp³-hybridized carbons (Fsp3) is 0.714. The molecule has 0 unspecified atom stereocenters. The molecule has 0 amide bonds. The van der Waals surface area contributed by atoms with E-state index in [-0.39, 0.29) is 6.61 Å². The van der Waals surface area contributed by atoms with E-state index in [4.69, 9.17) is 5.11 Å². The molecule has 0 radical (unpaired) electrons. The van der Waals surface area contributed by atoms with Crippen molar-refractivity contribution >= 4 is 0 Å². The summed E-state index contributed by atoms with van der Waals surface area (Å²) >= 11 is 0. The average molecular weight is 127 g/mol. The summed E-state index contributed by atoms with van der Waals surface area (Å²) in [5, 5.41) is 8.77. The zero-order valence-electron chi connectivity index (χ0n) is 5.80. The van der Waals surface area contributed by atoms with Crippen molar-refractivity contribution in [2.75, 3.05) is 20.2 Å². The van der Waals surface area contributed by atoms with E-state index in [1.807, 2.05) is 7.05 Å². The number of aliphatic hydroxyl groups excluding tert-OH is 1. The van der Waals surface area contributed by atoms with E-state index < -0.39 is 0 Å². The lowest BCUT2D eigenvalue weighted by molar-refractivity contribution is 0.182. The van der Waals surface area contributed by atoms with Crippen LogP contribution in [0.1, 0.15) is 6.42 Å². The Morgan fingerprint density at radius 1 is 1.89 bits per heavy atom. The highest BCUT2D eigenvalue weighted by molar-refractivity contribution is 5.06. The van der Waals surface area contributed by atoms with Gasteiger partial charge in [-0.15, -0.1) is 0 Å². The molecule has 2 nitrogen and oxygen atoms in total. The maximum atomic E-state index is 8.77. The summed E-state index contributed by atoms with van der Waals surface area (Å²) in [4.78, 5) is 2.13. The summed E-state index contributed by atoms with van der Waals surface area (Å²) in [6, 6.07) is 0.331. The molecule has 1 N–H and O–H groups in total. The SMILES string of the molecule is C=C1C[C@H](CO)N(C)C1. The molecule has 2 heteroatoms. The summed E-state index contributed by atoms with van der Waals surface area (Å²) in [6.07, 6.45) is 0.965. The van der Waals surface area contributed by atoms with Crippen LogP contribution in [0, 0.1) is 0 Å². The van der Waals surface area contributed by atoms with Gasteiger partial charge in [-0.1, -0.05) is 12.2 Å². The van der Waals surface area contributed by atoms with Gasteiger partial charge in [0.1, 0.15) is 0 Å². The second kappa shape index (κ2) is 2.50. The van der Waals surface area contributed by atoms with Crippen molar-refractivity contribution in [2.45, 2.75) is 12.5 Å². The molecule has 1 heterocycles. The summed E-state index contributed by atoms with van der Waals surface area (Å²) in [5.41, 5.74) is 1.23. The number of likely N-dealkylation sites (N-methyl/N-ethyl adjacent to an activating group) is 1. The second-order valence-electron chi connectivity index (χ2n) is 2.71. The molecule has 9 heavy (non-hydrogen) atoms. The van der Waals surface area contributed by atoms with Crippen molar-refractivity contribution in [3.05, 3.63) is 12.2 Å². The van der Waals surface area contributed by atoms with Crippen molar-refractivity contribution < 1.29 is 5.11 Å². The Bertz CT molecular complexity index is 122. The number of hydrogen-bond acceptors (Lipinski definition) is 2. The highest BCUT2D eigenvalue weighted by Crippen LogP contribution is 2.17. The smallest absolute Gasteiger partial charge is 0.0590 e. The normalized spacial score (nSPS) is 29.6. The Labute approximate surface area is 55.8 Å². The first-order chi connectivity index (χ1) is 4.24. The molecular formula is C7H13NO. The van der Waals surface area contributed by atoms with Gasteiger partial charge in [0, 0.05) is 12.6 Å². The van der Waals surface area contributed by atoms with Gasteiger partial charge in [-0.2, -0.15) is 0 Å². The fourth-order valence-electron chi connectivity index (χ4n) is 1.24. The van der Waals surface area contributed by atoms with Crippen molar-refractivity contribution in [1.29, 1.82) is 0 Å². The van der Waals surface area contributed by atoms with Gasteiger partial charge >= 0.3 is 0 Å². The van der Waals surface area contributed by atoms with Crippen molar-refractivity contribution in [3.8, 4) is 0 Å². The average Bonchev–Trinajstić information content (AvgIpc) is 2.10. The molecule has 1 rings (SSSR count). The molecule has 1 aliphatic rings. The maximum Gasteiger partial charge on any atom is 0.0590 e. The Balaban J connectivity index is 2.47. The zero-order valence-corrected chi connectivity index (χ0v) is 5.80. The number of rotatable bonds is 1. The number of nitrogens with zero attached hydrogens (tertiary/aromatic N) is 1. The van der Waals surface area contributed by atoms with E-state index in [0.717, 1.165) is 13.0 Å². The zero-order chi connectivity index (χ0) is 6.85. The minimum atomic E-state index is 0.259. The molecule has 0 aromatic heterocycles. The highest BCUT2D eigenvalue weighted by Gasteiger charge is 2.21.